The second-order valence-electron chi connectivity index (χ2n) is 7.73. The van der Waals surface area contributed by atoms with Gasteiger partial charge in [0.1, 0.15) is 11.8 Å². The number of benzene rings is 2. The minimum atomic E-state index is -3.88. The molecule has 0 spiro atoms. The molecule has 174 valence electrons. The van der Waals surface area contributed by atoms with Crippen molar-refractivity contribution in [2.45, 2.75) is 45.1 Å². The summed E-state index contributed by atoms with van der Waals surface area (Å²) in [5, 5.41) is 2.72. The molecule has 0 saturated heterocycles. The van der Waals surface area contributed by atoms with Crippen LogP contribution in [0, 0.1) is 12.8 Å². The zero-order valence-corrected chi connectivity index (χ0v) is 19.6. The first-order valence-electron chi connectivity index (χ1n) is 10.4. The van der Waals surface area contributed by atoms with Crippen molar-refractivity contribution >= 4 is 27.6 Å². The third-order valence-electron chi connectivity index (χ3n) is 4.42. The van der Waals surface area contributed by atoms with Crippen molar-refractivity contribution in [3.05, 3.63) is 54.1 Å². The van der Waals surface area contributed by atoms with Gasteiger partial charge in [0.25, 0.3) is 0 Å². The summed E-state index contributed by atoms with van der Waals surface area (Å²) in [6.45, 7) is 7.39. The topological polar surface area (TPSA) is 111 Å². The third kappa shape index (κ3) is 7.97. The summed E-state index contributed by atoms with van der Waals surface area (Å²) < 4.78 is 38.3. The quantitative estimate of drug-likeness (QED) is 0.496. The number of nitrogens with one attached hydrogen (secondary N) is 2. The van der Waals surface area contributed by atoms with Crippen LogP contribution in [0.1, 0.15) is 32.8 Å². The summed E-state index contributed by atoms with van der Waals surface area (Å²) in [5.74, 6) is -0.538. The maximum absolute atomic E-state index is 12.9. The summed E-state index contributed by atoms with van der Waals surface area (Å²) in [4.78, 5) is 24.5. The Balaban J connectivity index is 2.12. The molecule has 0 heterocycles. The first kappa shape index (κ1) is 25.4. The van der Waals surface area contributed by atoms with Gasteiger partial charge < -0.3 is 14.8 Å². The number of amides is 1. The zero-order valence-electron chi connectivity index (χ0n) is 18.8. The molecule has 2 aromatic rings. The summed E-state index contributed by atoms with van der Waals surface area (Å²) in [6.07, 6.45) is 0.315. The molecule has 0 saturated carbocycles. The van der Waals surface area contributed by atoms with Gasteiger partial charge in [0, 0.05) is 11.8 Å². The van der Waals surface area contributed by atoms with Gasteiger partial charge in [-0.05, 0) is 50.5 Å². The number of anilines is 1. The van der Waals surface area contributed by atoms with Crippen LogP contribution in [0.3, 0.4) is 0 Å². The highest BCUT2D eigenvalue weighted by atomic mass is 32.2. The van der Waals surface area contributed by atoms with Gasteiger partial charge in [-0.15, -0.1) is 0 Å². The fourth-order valence-electron chi connectivity index (χ4n) is 2.89. The van der Waals surface area contributed by atoms with Gasteiger partial charge in [0.2, 0.25) is 15.9 Å². The number of hydrogen-bond acceptors (Lipinski definition) is 6. The van der Waals surface area contributed by atoms with Crippen molar-refractivity contribution in [3.63, 3.8) is 0 Å². The molecule has 9 heteroatoms. The van der Waals surface area contributed by atoms with E-state index in [4.69, 9.17) is 9.47 Å². The molecule has 2 N–H and O–H groups in total. The maximum Gasteiger partial charge on any atom is 0.344 e. The summed E-state index contributed by atoms with van der Waals surface area (Å²) >= 11 is 0. The van der Waals surface area contributed by atoms with Crippen LogP contribution >= 0.6 is 0 Å². The Morgan fingerprint density at radius 3 is 2.38 bits per heavy atom. The molecule has 32 heavy (non-hydrogen) atoms. The van der Waals surface area contributed by atoms with Crippen LogP contribution in [-0.4, -0.2) is 39.5 Å². The molecule has 2 aromatic carbocycles. The Labute approximate surface area is 189 Å². The van der Waals surface area contributed by atoms with Crippen LogP contribution in [0.25, 0.3) is 0 Å². The van der Waals surface area contributed by atoms with E-state index in [0.29, 0.717) is 17.9 Å². The van der Waals surface area contributed by atoms with Crippen molar-refractivity contribution in [2.24, 2.45) is 5.92 Å². The highest BCUT2D eigenvalue weighted by molar-refractivity contribution is 7.89. The number of hydrogen-bond donors (Lipinski definition) is 2. The molecule has 0 aliphatic rings. The molecule has 1 amide bonds. The van der Waals surface area contributed by atoms with Crippen molar-refractivity contribution in [1.82, 2.24) is 4.72 Å². The zero-order chi connectivity index (χ0) is 23.7. The van der Waals surface area contributed by atoms with E-state index in [1.807, 2.05) is 20.8 Å². The lowest BCUT2D eigenvalue weighted by atomic mass is 10.0. The smallest absolute Gasteiger partial charge is 0.344 e. The number of esters is 1. The average Bonchev–Trinajstić information content (AvgIpc) is 2.72. The molecule has 1 atom stereocenters. The lowest BCUT2D eigenvalue weighted by Crippen LogP contribution is -2.44. The molecule has 0 fully saturated rings. The highest BCUT2D eigenvalue weighted by Gasteiger charge is 2.26. The monoisotopic (exact) mass is 462 g/mol. The van der Waals surface area contributed by atoms with E-state index in [9.17, 15) is 18.0 Å². The van der Waals surface area contributed by atoms with Crippen molar-refractivity contribution in [2.75, 3.05) is 18.5 Å². The Kier molecular flexibility index (Phi) is 9.22. The van der Waals surface area contributed by atoms with Crippen molar-refractivity contribution in [3.8, 4) is 5.75 Å². The second-order valence-corrected chi connectivity index (χ2v) is 9.44. The molecular formula is C23H30N2O6S. The number of aryl methyl sites for hydroxylation is 1. The van der Waals surface area contributed by atoms with Crippen LogP contribution in [0.5, 0.6) is 5.75 Å². The van der Waals surface area contributed by atoms with Gasteiger partial charge in [-0.1, -0.05) is 37.6 Å². The molecule has 2 rings (SSSR count). The molecule has 8 nitrogen and oxygen atoms in total. The van der Waals surface area contributed by atoms with E-state index < -0.39 is 27.9 Å². The van der Waals surface area contributed by atoms with E-state index >= 15 is 0 Å². The standard InChI is InChI=1S/C23H30N2O6S/c1-5-30-22(26)15-31-19-8-6-7-18(14-19)24-23(27)21(13-16(2)3)25-32(28,29)20-11-9-17(4)10-12-20/h6-12,14,16,21,25H,5,13,15H2,1-4H3,(H,24,27). The summed E-state index contributed by atoms with van der Waals surface area (Å²) in [7, 11) is -3.88. The number of rotatable bonds is 11. The van der Waals surface area contributed by atoms with E-state index in [1.54, 1.807) is 43.3 Å². The fraction of sp³-hybridized carbons (Fsp3) is 0.391. The molecule has 0 aliphatic heterocycles. The number of sulfonamides is 1. The van der Waals surface area contributed by atoms with Crippen LogP contribution < -0.4 is 14.8 Å². The first-order valence-corrected chi connectivity index (χ1v) is 11.9. The lowest BCUT2D eigenvalue weighted by molar-refractivity contribution is -0.145. The Morgan fingerprint density at radius 1 is 1.06 bits per heavy atom. The van der Waals surface area contributed by atoms with Gasteiger partial charge in [-0.25, -0.2) is 13.2 Å². The predicted molar refractivity (Wildman–Crippen MR) is 122 cm³/mol. The SMILES string of the molecule is CCOC(=O)COc1cccc(NC(=O)C(CC(C)C)NS(=O)(=O)c2ccc(C)cc2)c1. The minimum Gasteiger partial charge on any atom is -0.482 e. The molecule has 0 bridgehead atoms. The van der Waals surface area contributed by atoms with Crippen molar-refractivity contribution < 1.29 is 27.5 Å². The molecule has 0 aromatic heterocycles. The third-order valence-corrected chi connectivity index (χ3v) is 5.90. The van der Waals surface area contributed by atoms with Gasteiger partial charge >= 0.3 is 5.97 Å². The minimum absolute atomic E-state index is 0.0747. The van der Waals surface area contributed by atoms with Gasteiger partial charge in [-0.2, -0.15) is 4.72 Å². The molecule has 1 unspecified atom stereocenters. The molecular weight excluding hydrogens is 432 g/mol. The van der Waals surface area contributed by atoms with Crippen LogP contribution in [0.15, 0.2) is 53.4 Å². The van der Waals surface area contributed by atoms with E-state index in [1.165, 1.54) is 12.1 Å². The number of carbonyl (C=O) groups excluding carboxylic acids is 2. The lowest BCUT2D eigenvalue weighted by Gasteiger charge is -2.20. The Morgan fingerprint density at radius 2 is 1.75 bits per heavy atom. The maximum atomic E-state index is 12.9. The van der Waals surface area contributed by atoms with Crippen molar-refractivity contribution in [1.29, 1.82) is 0 Å². The summed E-state index contributed by atoms with van der Waals surface area (Å²) in [6, 6.07) is 11.9. The van der Waals surface area contributed by atoms with Gasteiger partial charge in [-0.3, -0.25) is 4.79 Å². The van der Waals surface area contributed by atoms with Crippen LogP contribution in [0.4, 0.5) is 5.69 Å². The number of ether oxygens (including phenoxy) is 2. The van der Waals surface area contributed by atoms with Crippen LogP contribution in [-0.2, 0) is 24.3 Å². The fourth-order valence-corrected chi connectivity index (χ4v) is 4.10. The molecule has 0 aliphatic carbocycles. The Bertz CT molecular complexity index is 1020. The normalized spacial score (nSPS) is 12.3. The summed E-state index contributed by atoms with van der Waals surface area (Å²) in [5.41, 5.74) is 1.35. The van der Waals surface area contributed by atoms with Gasteiger partial charge in [0.15, 0.2) is 6.61 Å². The van der Waals surface area contributed by atoms with Gasteiger partial charge in [0.05, 0.1) is 11.5 Å². The number of carbonyl (C=O) groups is 2. The average molecular weight is 463 g/mol. The van der Waals surface area contributed by atoms with E-state index in [-0.39, 0.29) is 24.0 Å². The molecule has 0 radical (unpaired) electrons. The second kappa shape index (κ2) is 11.6. The largest absolute Gasteiger partial charge is 0.482 e. The Hall–Kier alpha value is -2.91. The van der Waals surface area contributed by atoms with E-state index in [0.717, 1.165) is 5.56 Å². The van der Waals surface area contributed by atoms with Crippen LogP contribution in [0.2, 0.25) is 0 Å². The first-order chi connectivity index (χ1) is 15.1. The highest BCUT2D eigenvalue weighted by Crippen LogP contribution is 2.19. The predicted octanol–water partition coefficient (Wildman–Crippen LogP) is 3.27. The van der Waals surface area contributed by atoms with E-state index in [2.05, 4.69) is 10.0 Å².